The Morgan fingerprint density at radius 2 is 2.12 bits per heavy atom. The summed E-state index contributed by atoms with van der Waals surface area (Å²) in [5.74, 6) is 0. The molecule has 0 aromatic heterocycles. The second-order valence-electron chi connectivity index (χ2n) is 3.40. The van der Waals surface area contributed by atoms with Crippen LogP contribution in [-0.2, 0) is 10.0 Å². The molecule has 0 fully saturated rings. The van der Waals surface area contributed by atoms with Crippen LogP contribution in [0.15, 0.2) is 22.7 Å². The molecule has 0 spiro atoms. The highest BCUT2D eigenvalue weighted by molar-refractivity contribution is 9.10. The lowest BCUT2D eigenvalue weighted by Crippen LogP contribution is -2.23. The molecule has 0 aliphatic carbocycles. The van der Waals surface area contributed by atoms with Crippen LogP contribution < -0.4 is 4.72 Å². The lowest BCUT2D eigenvalue weighted by atomic mass is 10.2. The zero-order valence-corrected chi connectivity index (χ0v) is 11.3. The number of hydrogen-bond donors (Lipinski definition) is 1. The molecular formula is C10H11BrN2O2S. The van der Waals surface area contributed by atoms with E-state index in [4.69, 9.17) is 5.26 Å². The largest absolute Gasteiger partial charge is 0.281 e. The molecule has 1 rings (SSSR count). The number of nitrogens with zero attached hydrogens (tertiary/aromatic N) is 1. The van der Waals surface area contributed by atoms with Gasteiger partial charge in [0, 0.05) is 4.47 Å². The number of nitriles is 1. The van der Waals surface area contributed by atoms with Crippen LogP contribution in [0.2, 0.25) is 0 Å². The highest BCUT2D eigenvalue weighted by atomic mass is 79.9. The zero-order valence-electron chi connectivity index (χ0n) is 8.86. The summed E-state index contributed by atoms with van der Waals surface area (Å²) < 4.78 is 26.2. The van der Waals surface area contributed by atoms with Gasteiger partial charge in [-0.1, -0.05) is 6.07 Å². The summed E-state index contributed by atoms with van der Waals surface area (Å²) in [5.41, 5.74) is 1.45. The van der Waals surface area contributed by atoms with Gasteiger partial charge in [0.25, 0.3) is 0 Å². The van der Waals surface area contributed by atoms with Gasteiger partial charge in [-0.3, -0.25) is 4.72 Å². The number of nitrogens with one attached hydrogen (secondary N) is 1. The number of sulfonamides is 1. The number of anilines is 1. The molecule has 0 amide bonds. The lowest BCUT2D eigenvalue weighted by Gasteiger charge is -2.11. The molecule has 6 heteroatoms. The van der Waals surface area contributed by atoms with Gasteiger partial charge in [0.2, 0.25) is 10.0 Å². The maximum Gasteiger partial charge on any atom is 0.248 e. The van der Waals surface area contributed by atoms with Crippen LogP contribution in [0.3, 0.4) is 0 Å². The first-order valence-corrected chi connectivity index (χ1v) is 6.88. The van der Waals surface area contributed by atoms with Gasteiger partial charge < -0.3 is 0 Å². The van der Waals surface area contributed by atoms with Gasteiger partial charge in [0.15, 0.2) is 5.25 Å². The summed E-state index contributed by atoms with van der Waals surface area (Å²) in [6.45, 7) is 3.24. The second-order valence-corrected chi connectivity index (χ2v) is 6.26. The van der Waals surface area contributed by atoms with Crippen LogP contribution in [0.5, 0.6) is 0 Å². The Labute approximate surface area is 103 Å². The summed E-state index contributed by atoms with van der Waals surface area (Å²) in [6.07, 6.45) is 0. The van der Waals surface area contributed by atoms with Crippen molar-refractivity contribution in [1.29, 1.82) is 5.26 Å². The third-order valence-corrected chi connectivity index (χ3v) is 4.22. The van der Waals surface area contributed by atoms with E-state index in [-0.39, 0.29) is 0 Å². The van der Waals surface area contributed by atoms with E-state index in [2.05, 4.69) is 20.7 Å². The number of benzene rings is 1. The minimum absolute atomic E-state index is 0.438. The summed E-state index contributed by atoms with van der Waals surface area (Å²) >= 11 is 3.26. The topological polar surface area (TPSA) is 70.0 Å². The molecule has 0 saturated heterocycles. The van der Waals surface area contributed by atoms with Gasteiger partial charge in [-0.15, -0.1) is 0 Å². The molecule has 0 saturated carbocycles. The highest BCUT2D eigenvalue weighted by Crippen LogP contribution is 2.24. The second kappa shape index (κ2) is 4.85. The monoisotopic (exact) mass is 302 g/mol. The fraction of sp³-hybridized carbons (Fsp3) is 0.300. The Morgan fingerprint density at radius 1 is 1.50 bits per heavy atom. The highest BCUT2D eigenvalue weighted by Gasteiger charge is 2.20. The fourth-order valence-corrected chi connectivity index (χ4v) is 2.54. The molecule has 1 N–H and O–H groups in total. The van der Waals surface area contributed by atoms with Gasteiger partial charge in [0.05, 0.1) is 11.8 Å². The quantitative estimate of drug-likeness (QED) is 0.932. The number of rotatable bonds is 3. The van der Waals surface area contributed by atoms with Crippen molar-refractivity contribution < 1.29 is 8.42 Å². The Kier molecular flexibility index (Phi) is 3.94. The lowest BCUT2D eigenvalue weighted by molar-refractivity contribution is 0.597. The molecule has 0 radical (unpaired) electrons. The normalized spacial score (nSPS) is 12.9. The minimum atomic E-state index is -3.64. The van der Waals surface area contributed by atoms with Crippen LogP contribution in [0, 0.1) is 18.3 Å². The van der Waals surface area contributed by atoms with Crippen molar-refractivity contribution in [2.75, 3.05) is 4.72 Å². The summed E-state index contributed by atoms with van der Waals surface area (Å²) in [6, 6.07) is 6.94. The van der Waals surface area contributed by atoms with Crippen LogP contribution in [0.1, 0.15) is 12.5 Å². The molecule has 0 aliphatic heterocycles. The molecule has 86 valence electrons. The van der Waals surface area contributed by atoms with Crippen molar-refractivity contribution in [3.63, 3.8) is 0 Å². The summed E-state index contributed by atoms with van der Waals surface area (Å²) in [4.78, 5) is 0. The molecule has 0 aliphatic rings. The number of aryl methyl sites for hydroxylation is 1. The van der Waals surface area contributed by atoms with E-state index >= 15 is 0 Å². The summed E-state index contributed by atoms with van der Waals surface area (Å²) in [7, 11) is -3.64. The molecule has 4 nitrogen and oxygen atoms in total. The molecule has 1 atom stereocenters. The van der Waals surface area contributed by atoms with Crippen molar-refractivity contribution >= 4 is 31.6 Å². The van der Waals surface area contributed by atoms with E-state index in [9.17, 15) is 8.42 Å². The van der Waals surface area contributed by atoms with Crippen molar-refractivity contribution in [3.8, 4) is 6.07 Å². The average molecular weight is 303 g/mol. The first-order chi connectivity index (χ1) is 7.36. The third kappa shape index (κ3) is 2.97. The first-order valence-electron chi connectivity index (χ1n) is 4.54. The SMILES string of the molecule is Cc1ccc(NS(=O)(=O)C(C)C#N)c(Br)c1. The van der Waals surface area contributed by atoms with Gasteiger partial charge in [-0.05, 0) is 47.5 Å². The minimum Gasteiger partial charge on any atom is -0.281 e. The Balaban J connectivity index is 3.03. The number of halogens is 1. The Bertz CT molecular complexity index is 534. The maximum absolute atomic E-state index is 11.6. The van der Waals surface area contributed by atoms with Crippen molar-refractivity contribution in [2.45, 2.75) is 19.1 Å². The molecule has 1 unspecified atom stereocenters. The molecule has 0 bridgehead atoms. The number of hydrogen-bond acceptors (Lipinski definition) is 3. The standard InChI is InChI=1S/C10H11BrN2O2S/c1-7-3-4-10(9(11)5-7)13-16(14,15)8(2)6-12/h3-5,8,13H,1-2H3. The van der Waals surface area contributed by atoms with Crippen molar-refractivity contribution in [2.24, 2.45) is 0 Å². The van der Waals surface area contributed by atoms with Crippen LogP contribution in [-0.4, -0.2) is 13.7 Å². The van der Waals surface area contributed by atoms with E-state index < -0.39 is 15.3 Å². The van der Waals surface area contributed by atoms with Gasteiger partial charge >= 0.3 is 0 Å². The Hall–Kier alpha value is -1.06. The van der Waals surface area contributed by atoms with E-state index in [1.807, 2.05) is 6.92 Å². The smallest absolute Gasteiger partial charge is 0.248 e. The van der Waals surface area contributed by atoms with E-state index in [1.165, 1.54) is 6.92 Å². The van der Waals surface area contributed by atoms with Gasteiger partial charge in [-0.25, -0.2) is 8.42 Å². The molecule has 16 heavy (non-hydrogen) atoms. The molecule has 1 aromatic carbocycles. The van der Waals surface area contributed by atoms with Crippen LogP contribution in [0.4, 0.5) is 5.69 Å². The first kappa shape index (κ1) is 13.0. The molecular weight excluding hydrogens is 292 g/mol. The maximum atomic E-state index is 11.6. The zero-order chi connectivity index (χ0) is 12.3. The van der Waals surface area contributed by atoms with E-state index in [1.54, 1.807) is 24.3 Å². The van der Waals surface area contributed by atoms with Gasteiger partial charge in [-0.2, -0.15) is 5.26 Å². The molecule has 0 heterocycles. The molecule has 1 aromatic rings. The Morgan fingerprint density at radius 3 is 2.62 bits per heavy atom. The van der Waals surface area contributed by atoms with E-state index in [0.29, 0.717) is 10.2 Å². The van der Waals surface area contributed by atoms with E-state index in [0.717, 1.165) is 5.56 Å². The van der Waals surface area contributed by atoms with Crippen LogP contribution >= 0.6 is 15.9 Å². The average Bonchev–Trinajstić information content (AvgIpc) is 2.21. The predicted molar refractivity (Wildman–Crippen MR) is 66.5 cm³/mol. The predicted octanol–water partition coefficient (Wildman–Crippen LogP) is 2.41. The fourth-order valence-electron chi connectivity index (χ4n) is 1.01. The van der Waals surface area contributed by atoms with Gasteiger partial charge in [0.1, 0.15) is 0 Å². The van der Waals surface area contributed by atoms with Crippen molar-refractivity contribution in [3.05, 3.63) is 28.2 Å². The third-order valence-electron chi connectivity index (χ3n) is 2.02. The summed E-state index contributed by atoms with van der Waals surface area (Å²) in [5, 5.41) is 7.50. The van der Waals surface area contributed by atoms with Crippen LogP contribution in [0.25, 0.3) is 0 Å². The van der Waals surface area contributed by atoms with Crippen molar-refractivity contribution in [1.82, 2.24) is 0 Å².